The van der Waals surface area contributed by atoms with Crippen LogP contribution in [0.5, 0.6) is 0 Å². The van der Waals surface area contributed by atoms with Crippen LogP contribution in [0.3, 0.4) is 0 Å². The fourth-order valence-electron chi connectivity index (χ4n) is 3.28. The van der Waals surface area contributed by atoms with Crippen LogP contribution >= 0.6 is 0 Å². The van der Waals surface area contributed by atoms with Gasteiger partial charge in [0.05, 0.1) is 29.2 Å². The summed E-state index contributed by atoms with van der Waals surface area (Å²) in [7, 11) is 0. The molecular formula is C19H25N3O2. The van der Waals surface area contributed by atoms with E-state index in [2.05, 4.69) is 18.9 Å². The van der Waals surface area contributed by atoms with Crippen LogP contribution in [-0.4, -0.2) is 44.9 Å². The zero-order chi connectivity index (χ0) is 17.3. The molecule has 1 aliphatic rings. The van der Waals surface area contributed by atoms with Gasteiger partial charge in [-0.3, -0.25) is 4.79 Å². The van der Waals surface area contributed by atoms with Crippen molar-refractivity contribution in [2.24, 2.45) is 0 Å². The van der Waals surface area contributed by atoms with Gasteiger partial charge >= 0.3 is 0 Å². The number of rotatable bonds is 3. The second kappa shape index (κ2) is 6.77. The number of amides is 1. The molecule has 3 rings (SSSR count). The maximum atomic E-state index is 12.9. The van der Waals surface area contributed by atoms with Crippen LogP contribution in [0, 0.1) is 6.92 Å². The van der Waals surface area contributed by atoms with Gasteiger partial charge in [0.15, 0.2) is 0 Å². The minimum Gasteiger partial charge on any atom is -0.391 e. The van der Waals surface area contributed by atoms with Crippen molar-refractivity contribution in [3.63, 3.8) is 0 Å². The van der Waals surface area contributed by atoms with Crippen LogP contribution < -0.4 is 0 Å². The highest BCUT2D eigenvalue weighted by molar-refractivity contribution is 5.95. The van der Waals surface area contributed by atoms with Gasteiger partial charge in [0.25, 0.3) is 5.91 Å². The van der Waals surface area contributed by atoms with E-state index >= 15 is 0 Å². The standard InChI is InChI=1S/C19H25N3O2/c1-13(2)18-17(19(24)21-10-4-5-16(23)12-21)11-20-22(18)15-8-6-14(3)7-9-15/h6-9,11,13,16,23H,4-5,10,12H2,1-3H3. The third kappa shape index (κ3) is 3.22. The summed E-state index contributed by atoms with van der Waals surface area (Å²) in [4.78, 5) is 14.7. The first-order chi connectivity index (χ1) is 11.5. The lowest BCUT2D eigenvalue weighted by atomic mass is 10.0. The lowest BCUT2D eigenvalue weighted by Gasteiger charge is -2.30. The Balaban J connectivity index is 1.97. The SMILES string of the molecule is Cc1ccc(-n2ncc(C(=O)N3CCCC(O)C3)c2C(C)C)cc1. The first-order valence-corrected chi connectivity index (χ1v) is 8.59. The van der Waals surface area contributed by atoms with Crippen LogP contribution in [0.1, 0.15) is 54.2 Å². The summed E-state index contributed by atoms with van der Waals surface area (Å²) in [5.74, 6) is 0.137. The molecule has 1 N–H and O–H groups in total. The molecule has 5 nitrogen and oxygen atoms in total. The number of carbonyl (C=O) groups is 1. The Kier molecular flexibility index (Phi) is 4.71. The van der Waals surface area contributed by atoms with Crippen molar-refractivity contribution in [1.82, 2.24) is 14.7 Å². The molecule has 1 aromatic heterocycles. The molecule has 0 spiro atoms. The first kappa shape index (κ1) is 16.7. The van der Waals surface area contributed by atoms with Gasteiger partial charge in [0.1, 0.15) is 0 Å². The quantitative estimate of drug-likeness (QED) is 0.943. The number of hydrogen-bond donors (Lipinski definition) is 1. The number of hydrogen-bond acceptors (Lipinski definition) is 3. The Morgan fingerprint density at radius 2 is 2.00 bits per heavy atom. The fraction of sp³-hybridized carbons (Fsp3) is 0.474. The van der Waals surface area contributed by atoms with Gasteiger partial charge in [0.2, 0.25) is 0 Å². The van der Waals surface area contributed by atoms with Crippen molar-refractivity contribution in [2.45, 2.75) is 45.6 Å². The molecule has 1 aromatic carbocycles. The van der Waals surface area contributed by atoms with Gasteiger partial charge in [0, 0.05) is 13.1 Å². The van der Waals surface area contributed by atoms with Crippen molar-refractivity contribution < 1.29 is 9.90 Å². The van der Waals surface area contributed by atoms with Crippen LogP contribution in [-0.2, 0) is 0 Å². The van der Waals surface area contributed by atoms with E-state index in [0.717, 1.165) is 24.2 Å². The smallest absolute Gasteiger partial charge is 0.257 e. The minimum absolute atomic E-state index is 0.0317. The summed E-state index contributed by atoms with van der Waals surface area (Å²) in [5, 5.41) is 14.3. The zero-order valence-corrected chi connectivity index (χ0v) is 14.6. The molecule has 128 valence electrons. The molecule has 1 atom stereocenters. The van der Waals surface area contributed by atoms with Crippen molar-refractivity contribution >= 4 is 5.91 Å². The number of aliphatic hydroxyl groups excluding tert-OH is 1. The molecule has 0 radical (unpaired) electrons. The molecular weight excluding hydrogens is 302 g/mol. The molecule has 1 unspecified atom stereocenters. The highest BCUT2D eigenvalue weighted by Gasteiger charge is 2.28. The molecule has 1 saturated heterocycles. The molecule has 1 fully saturated rings. The second-order valence-electron chi connectivity index (χ2n) is 6.89. The number of aliphatic hydroxyl groups is 1. The highest BCUT2D eigenvalue weighted by atomic mass is 16.3. The molecule has 24 heavy (non-hydrogen) atoms. The predicted octanol–water partition coefficient (Wildman–Crippen LogP) is 2.90. The number of benzene rings is 1. The Labute approximate surface area is 142 Å². The Hall–Kier alpha value is -2.14. The molecule has 0 saturated carbocycles. The topological polar surface area (TPSA) is 58.4 Å². The number of aryl methyl sites for hydroxylation is 1. The monoisotopic (exact) mass is 327 g/mol. The fourth-order valence-corrected chi connectivity index (χ4v) is 3.28. The number of carbonyl (C=O) groups excluding carboxylic acids is 1. The van der Waals surface area contributed by atoms with Crippen LogP contribution in [0.2, 0.25) is 0 Å². The molecule has 2 heterocycles. The number of β-amino-alcohol motifs (C(OH)–C–C–N with tert-alkyl or cyclic N) is 1. The lowest BCUT2D eigenvalue weighted by molar-refractivity contribution is 0.0472. The summed E-state index contributed by atoms with van der Waals surface area (Å²) < 4.78 is 1.86. The van der Waals surface area contributed by atoms with Gasteiger partial charge in [-0.1, -0.05) is 31.5 Å². The van der Waals surface area contributed by atoms with E-state index in [4.69, 9.17) is 0 Å². The van der Waals surface area contributed by atoms with Crippen molar-refractivity contribution in [2.75, 3.05) is 13.1 Å². The van der Waals surface area contributed by atoms with Crippen molar-refractivity contribution in [1.29, 1.82) is 0 Å². The highest BCUT2D eigenvalue weighted by Crippen LogP contribution is 2.25. The van der Waals surface area contributed by atoms with E-state index in [-0.39, 0.29) is 11.8 Å². The van der Waals surface area contributed by atoms with Gasteiger partial charge in [-0.25, -0.2) is 4.68 Å². The van der Waals surface area contributed by atoms with E-state index in [1.165, 1.54) is 5.56 Å². The normalized spacial score (nSPS) is 18.2. The van der Waals surface area contributed by atoms with Crippen molar-refractivity contribution in [3.05, 3.63) is 47.3 Å². The average Bonchev–Trinajstić information content (AvgIpc) is 3.00. The number of likely N-dealkylation sites (tertiary alicyclic amines) is 1. The van der Waals surface area contributed by atoms with Gasteiger partial charge in [-0.05, 0) is 37.8 Å². The van der Waals surface area contributed by atoms with Crippen LogP contribution in [0.4, 0.5) is 0 Å². The zero-order valence-electron chi connectivity index (χ0n) is 14.6. The largest absolute Gasteiger partial charge is 0.391 e. The molecule has 0 aliphatic carbocycles. The number of piperidine rings is 1. The Bertz CT molecular complexity index is 719. The maximum Gasteiger partial charge on any atom is 0.257 e. The molecule has 5 heteroatoms. The third-order valence-electron chi connectivity index (χ3n) is 4.55. The summed E-state index contributed by atoms with van der Waals surface area (Å²) in [6, 6.07) is 8.13. The average molecular weight is 327 g/mol. The van der Waals surface area contributed by atoms with E-state index < -0.39 is 6.10 Å². The molecule has 1 aliphatic heterocycles. The Morgan fingerprint density at radius 1 is 1.29 bits per heavy atom. The molecule has 1 amide bonds. The maximum absolute atomic E-state index is 12.9. The summed E-state index contributed by atoms with van der Waals surface area (Å²) in [6.07, 6.45) is 2.86. The van der Waals surface area contributed by atoms with Crippen LogP contribution in [0.25, 0.3) is 5.69 Å². The van der Waals surface area contributed by atoms with Gasteiger partial charge < -0.3 is 10.0 Å². The van der Waals surface area contributed by atoms with E-state index in [9.17, 15) is 9.90 Å². The van der Waals surface area contributed by atoms with E-state index in [1.807, 2.05) is 35.9 Å². The van der Waals surface area contributed by atoms with E-state index in [0.29, 0.717) is 18.7 Å². The Morgan fingerprint density at radius 3 is 2.62 bits per heavy atom. The third-order valence-corrected chi connectivity index (χ3v) is 4.55. The first-order valence-electron chi connectivity index (χ1n) is 8.59. The predicted molar refractivity (Wildman–Crippen MR) is 93.5 cm³/mol. The van der Waals surface area contributed by atoms with Gasteiger partial charge in [-0.2, -0.15) is 5.10 Å². The number of nitrogens with zero attached hydrogens (tertiary/aromatic N) is 3. The van der Waals surface area contributed by atoms with Crippen LogP contribution in [0.15, 0.2) is 30.5 Å². The molecule has 0 bridgehead atoms. The summed E-state index contributed by atoms with van der Waals surface area (Å²) in [6.45, 7) is 7.30. The summed E-state index contributed by atoms with van der Waals surface area (Å²) >= 11 is 0. The summed E-state index contributed by atoms with van der Waals surface area (Å²) in [5.41, 5.74) is 3.71. The second-order valence-corrected chi connectivity index (χ2v) is 6.89. The number of aromatic nitrogens is 2. The van der Waals surface area contributed by atoms with E-state index in [1.54, 1.807) is 11.1 Å². The minimum atomic E-state index is -0.419. The lowest BCUT2D eigenvalue weighted by Crippen LogP contribution is -2.42. The molecule has 2 aromatic rings. The van der Waals surface area contributed by atoms with Gasteiger partial charge in [-0.15, -0.1) is 0 Å². The van der Waals surface area contributed by atoms with Crippen molar-refractivity contribution in [3.8, 4) is 5.69 Å².